The number of hydrogen-bond donors (Lipinski definition) is 0. The second-order valence-electron chi connectivity index (χ2n) is 4.03. The number of ether oxygens (including phenoxy) is 2. The molecule has 0 saturated heterocycles. The first-order valence-corrected chi connectivity index (χ1v) is 6.79. The summed E-state index contributed by atoms with van der Waals surface area (Å²) in [6, 6.07) is 8.09. The fourth-order valence-corrected chi connectivity index (χ4v) is 1.51. The largest absolute Gasteiger partial charge is 0.464 e. The molecule has 0 fully saturated rings. The maximum atomic E-state index is 12.2. The van der Waals surface area contributed by atoms with Gasteiger partial charge in [0.1, 0.15) is 0 Å². The molecule has 22 heavy (non-hydrogen) atoms. The Balaban J connectivity index is 2.70. The zero-order valence-electron chi connectivity index (χ0n) is 12.4. The molecule has 0 bridgehead atoms. The lowest BCUT2D eigenvalue weighted by Crippen LogP contribution is -2.35. The van der Waals surface area contributed by atoms with Crippen molar-refractivity contribution in [1.82, 2.24) is 0 Å². The van der Waals surface area contributed by atoms with E-state index in [1.807, 2.05) is 0 Å². The molecular formula is C15H18O7. The number of Topliss-reactive ketones (excluding diaryl/α,β-unsaturated/α-hetero) is 1. The molecule has 7 nitrogen and oxygen atoms in total. The van der Waals surface area contributed by atoms with Crippen LogP contribution in [0.4, 0.5) is 0 Å². The summed E-state index contributed by atoms with van der Waals surface area (Å²) < 4.78 is 9.40. The average molecular weight is 310 g/mol. The van der Waals surface area contributed by atoms with Gasteiger partial charge in [-0.15, -0.1) is 0 Å². The summed E-state index contributed by atoms with van der Waals surface area (Å²) in [6.07, 6.45) is -1.60. The van der Waals surface area contributed by atoms with Crippen molar-refractivity contribution in [1.29, 1.82) is 0 Å². The Labute approximate surface area is 128 Å². The normalized spacial score (nSPS) is 11.5. The van der Waals surface area contributed by atoms with E-state index in [2.05, 4.69) is 9.62 Å². The standard InChI is InChI=1S/C15H18O7/c1-3-19-12(16)10-21-22-14(15(18)20-4-2)13(17)11-8-6-5-7-9-11/h5-9,14H,3-4,10H2,1-2H3. The SMILES string of the molecule is CCOC(=O)COOC(C(=O)OCC)C(=O)c1ccccc1. The summed E-state index contributed by atoms with van der Waals surface area (Å²) in [5.74, 6) is -2.18. The minimum atomic E-state index is -1.60. The predicted molar refractivity (Wildman–Crippen MR) is 74.9 cm³/mol. The van der Waals surface area contributed by atoms with Gasteiger partial charge in [0.05, 0.1) is 13.2 Å². The van der Waals surface area contributed by atoms with E-state index in [0.29, 0.717) is 0 Å². The van der Waals surface area contributed by atoms with Crippen LogP contribution in [0.25, 0.3) is 0 Å². The Bertz CT molecular complexity index is 498. The average Bonchev–Trinajstić information content (AvgIpc) is 2.52. The highest BCUT2D eigenvalue weighted by molar-refractivity contribution is 6.11. The van der Waals surface area contributed by atoms with Crippen LogP contribution >= 0.6 is 0 Å². The zero-order chi connectivity index (χ0) is 16.4. The first kappa shape index (κ1) is 17.8. The van der Waals surface area contributed by atoms with Crippen LogP contribution in [0, 0.1) is 0 Å². The fourth-order valence-electron chi connectivity index (χ4n) is 1.51. The third kappa shape index (κ3) is 5.63. The predicted octanol–water partition coefficient (Wildman–Crippen LogP) is 1.31. The quantitative estimate of drug-likeness (QED) is 0.223. The van der Waals surface area contributed by atoms with Gasteiger partial charge in [-0.3, -0.25) is 4.79 Å². The number of ketones is 1. The molecule has 0 saturated carbocycles. The van der Waals surface area contributed by atoms with Crippen molar-refractivity contribution in [3.05, 3.63) is 35.9 Å². The summed E-state index contributed by atoms with van der Waals surface area (Å²) in [5, 5.41) is 0. The molecular weight excluding hydrogens is 292 g/mol. The number of benzene rings is 1. The molecule has 0 aromatic heterocycles. The molecule has 0 aliphatic heterocycles. The van der Waals surface area contributed by atoms with Gasteiger partial charge in [-0.1, -0.05) is 30.3 Å². The van der Waals surface area contributed by atoms with Crippen LogP contribution in [0.2, 0.25) is 0 Å². The molecule has 0 heterocycles. The van der Waals surface area contributed by atoms with Gasteiger partial charge in [-0.25, -0.2) is 19.4 Å². The number of rotatable bonds is 9. The molecule has 1 atom stereocenters. The summed E-state index contributed by atoms with van der Waals surface area (Å²) in [4.78, 5) is 44.6. The van der Waals surface area contributed by atoms with Crippen molar-refractivity contribution in [3.8, 4) is 0 Å². The maximum absolute atomic E-state index is 12.2. The van der Waals surface area contributed by atoms with E-state index in [9.17, 15) is 14.4 Å². The molecule has 1 unspecified atom stereocenters. The summed E-state index contributed by atoms with van der Waals surface area (Å²) in [7, 11) is 0. The second kappa shape index (κ2) is 9.64. The minimum Gasteiger partial charge on any atom is -0.464 e. The monoisotopic (exact) mass is 310 g/mol. The highest BCUT2D eigenvalue weighted by Crippen LogP contribution is 2.09. The van der Waals surface area contributed by atoms with Gasteiger partial charge in [0.15, 0.2) is 6.61 Å². The first-order valence-electron chi connectivity index (χ1n) is 6.79. The molecule has 0 amide bonds. The third-order valence-electron chi connectivity index (χ3n) is 2.44. The highest BCUT2D eigenvalue weighted by Gasteiger charge is 2.31. The highest BCUT2D eigenvalue weighted by atomic mass is 17.2. The van der Waals surface area contributed by atoms with Crippen molar-refractivity contribution in [2.24, 2.45) is 0 Å². The lowest BCUT2D eigenvalue weighted by atomic mass is 10.1. The van der Waals surface area contributed by atoms with Crippen molar-refractivity contribution in [3.63, 3.8) is 0 Å². The van der Waals surface area contributed by atoms with Crippen LogP contribution in [0.3, 0.4) is 0 Å². The minimum absolute atomic E-state index is 0.0820. The van der Waals surface area contributed by atoms with Crippen molar-refractivity contribution in [2.75, 3.05) is 19.8 Å². The molecule has 0 aliphatic carbocycles. The third-order valence-corrected chi connectivity index (χ3v) is 2.44. The van der Waals surface area contributed by atoms with Gasteiger partial charge in [0.2, 0.25) is 5.78 Å². The molecule has 1 aromatic carbocycles. The van der Waals surface area contributed by atoms with Gasteiger partial charge in [-0.05, 0) is 13.8 Å². The lowest BCUT2D eigenvalue weighted by molar-refractivity contribution is -0.307. The smallest absolute Gasteiger partial charge is 0.346 e. The van der Waals surface area contributed by atoms with Crippen LogP contribution in [0.1, 0.15) is 24.2 Å². The van der Waals surface area contributed by atoms with Crippen molar-refractivity contribution >= 4 is 17.7 Å². The lowest BCUT2D eigenvalue weighted by Gasteiger charge is -2.14. The first-order chi connectivity index (χ1) is 10.6. The molecule has 120 valence electrons. The van der Waals surface area contributed by atoms with E-state index in [1.165, 1.54) is 12.1 Å². The molecule has 1 rings (SSSR count). The van der Waals surface area contributed by atoms with Gasteiger partial charge < -0.3 is 9.47 Å². The molecule has 0 radical (unpaired) electrons. The van der Waals surface area contributed by atoms with Crippen LogP contribution in [-0.2, 0) is 28.8 Å². The molecule has 0 N–H and O–H groups in total. The number of hydrogen-bond acceptors (Lipinski definition) is 7. The Morgan fingerprint density at radius 2 is 1.64 bits per heavy atom. The van der Waals surface area contributed by atoms with Crippen molar-refractivity contribution in [2.45, 2.75) is 20.0 Å². The van der Waals surface area contributed by atoms with Crippen LogP contribution in [-0.4, -0.2) is 43.6 Å². The van der Waals surface area contributed by atoms with Gasteiger partial charge in [-0.2, -0.15) is 0 Å². The van der Waals surface area contributed by atoms with E-state index in [-0.39, 0.29) is 18.8 Å². The number of esters is 2. The summed E-state index contributed by atoms with van der Waals surface area (Å²) >= 11 is 0. The second-order valence-corrected chi connectivity index (χ2v) is 4.03. The Morgan fingerprint density at radius 3 is 2.23 bits per heavy atom. The van der Waals surface area contributed by atoms with Gasteiger partial charge in [0, 0.05) is 5.56 Å². The Hall–Kier alpha value is -2.25. The van der Waals surface area contributed by atoms with Crippen LogP contribution < -0.4 is 0 Å². The van der Waals surface area contributed by atoms with E-state index in [1.54, 1.807) is 32.0 Å². The number of carbonyl (C=O) groups is 3. The Morgan fingerprint density at radius 1 is 1.00 bits per heavy atom. The van der Waals surface area contributed by atoms with Gasteiger partial charge in [0.25, 0.3) is 6.10 Å². The summed E-state index contributed by atoms with van der Waals surface area (Å²) in [6.45, 7) is 2.97. The summed E-state index contributed by atoms with van der Waals surface area (Å²) in [5.41, 5.74) is 0.264. The van der Waals surface area contributed by atoms with Crippen LogP contribution in [0.15, 0.2) is 30.3 Å². The van der Waals surface area contributed by atoms with E-state index < -0.39 is 30.4 Å². The topological polar surface area (TPSA) is 88.1 Å². The molecule has 0 spiro atoms. The van der Waals surface area contributed by atoms with Crippen LogP contribution in [0.5, 0.6) is 0 Å². The zero-order valence-corrected chi connectivity index (χ0v) is 12.4. The number of carbonyl (C=O) groups excluding carboxylic acids is 3. The van der Waals surface area contributed by atoms with Crippen molar-refractivity contribution < 1.29 is 33.6 Å². The van der Waals surface area contributed by atoms with E-state index in [4.69, 9.17) is 9.62 Å². The fraction of sp³-hybridized carbons (Fsp3) is 0.400. The van der Waals surface area contributed by atoms with E-state index >= 15 is 0 Å². The molecule has 7 heteroatoms. The van der Waals surface area contributed by atoms with E-state index in [0.717, 1.165) is 0 Å². The van der Waals surface area contributed by atoms with Gasteiger partial charge >= 0.3 is 11.9 Å². The Kier molecular flexibility index (Phi) is 7.80. The maximum Gasteiger partial charge on any atom is 0.346 e. The molecule has 1 aromatic rings. The molecule has 0 aliphatic rings.